The second kappa shape index (κ2) is 10.0. The van der Waals surface area contributed by atoms with Crippen LogP contribution in [0.2, 0.25) is 0 Å². The molecule has 1 saturated heterocycles. The van der Waals surface area contributed by atoms with Gasteiger partial charge in [0.15, 0.2) is 0 Å². The van der Waals surface area contributed by atoms with Gasteiger partial charge in [0.2, 0.25) is 0 Å². The highest BCUT2D eigenvalue weighted by atomic mass is 32.1. The molecule has 0 saturated carbocycles. The van der Waals surface area contributed by atoms with Crippen LogP contribution in [0.15, 0.2) is 54.2 Å². The van der Waals surface area contributed by atoms with E-state index in [4.69, 9.17) is 9.47 Å². The van der Waals surface area contributed by atoms with Crippen LogP contribution in [0.5, 0.6) is 11.5 Å². The molecule has 0 bridgehead atoms. The Bertz CT molecular complexity index is 1010. The van der Waals surface area contributed by atoms with Crippen LogP contribution in [-0.2, 0) is 19.6 Å². The predicted molar refractivity (Wildman–Crippen MR) is 128 cm³/mol. The molecule has 0 spiro atoms. The number of nitrogens with zero attached hydrogens (tertiary/aromatic N) is 3. The minimum atomic E-state index is 0.283. The molecule has 0 N–H and O–H groups in total. The van der Waals surface area contributed by atoms with Gasteiger partial charge in [0, 0.05) is 55.9 Å². The van der Waals surface area contributed by atoms with Gasteiger partial charge in [-0.2, -0.15) is 0 Å². The quantitative estimate of drug-likeness (QED) is 0.536. The molecule has 4 heterocycles. The first kappa shape index (κ1) is 21.4. The smallest absolute Gasteiger partial charge is 0.137 e. The predicted octanol–water partition coefficient (Wildman–Crippen LogP) is 4.89. The Morgan fingerprint density at radius 2 is 2.00 bits per heavy atom. The van der Waals surface area contributed by atoms with Crippen LogP contribution < -0.4 is 9.47 Å². The summed E-state index contributed by atoms with van der Waals surface area (Å²) < 4.78 is 12.2. The Morgan fingerprint density at radius 1 is 1.09 bits per heavy atom. The van der Waals surface area contributed by atoms with Crippen molar-refractivity contribution < 1.29 is 9.47 Å². The third-order valence-electron chi connectivity index (χ3n) is 6.40. The van der Waals surface area contributed by atoms with Gasteiger partial charge in [-0.1, -0.05) is 6.07 Å². The Morgan fingerprint density at radius 3 is 2.78 bits per heavy atom. The van der Waals surface area contributed by atoms with E-state index < -0.39 is 0 Å². The number of piperidine rings is 1. The molecule has 1 fully saturated rings. The molecule has 0 aliphatic carbocycles. The Balaban J connectivity index is 1.18. The average molecular weight is 450 g/mol. The zero-order valence-corrected chi connectivity index (χ0v) is 19.5. The maximum Gasteiger partial charge on any atom is 0.137 e. The van der Waals surface area contributed by atoms with Gasteiger partial charge in [-0.25, -0.2) is 0 Å². The van der Waals surface area contributed by atoms with Gasteiger partial charge >= 0.3 is 0 Å². The molecular formula is C26H31N3O2S. The van der Waals surface area contributed by atoms with Crippen LogP contribution in [0.3, 0.4) is 0 Å². The second-order valence-corrected chi connectivity index (χ2v) is 9.81. The zero-order valence-electron chi connectivity index (χ0n) is 18.7. The molecule has 0 atom stereocenters. The van der Waals surface area contributed by atoms with Gasteiger partial charge in [0.25, 0.3) is 0 Å². The fourth-order valence-corrected chi connectivity index (χ4v) is 5.50. The average Bonchev–Trinajstić information content (AvgIpc) is 3.10. The molecule has 3 aromatic rings. The SMILES string of the molecule is Cc1ccsc1CN1CCOc2ccc(CN3CCC(Oc4cccnc4)CC3)cc2C1. The lowest BCUT2D eigenvalue weighted by Gasteiger charge is -2.32. The van der Waals surface area contributed by atoms with Crippen LogP contribution in [0.25, 0.3) is 0 Å². The summed E-state index contributed by atoms with van der Waals surface area (Å²) in [4.78, 5) is 10.7. The van der Waals surface area contributed by atoms with E-state index in [0.29, 0.717) is 0 Å². The number of ether oxygens (including phenoxy) is 2. The standard InChI is InChI=1S/C26H31N3O2S/c1-20-8-14-32-26(20)19-29-12-13-30-25-5-4-21(15-22(25)18-29)17-28-10-6-23(7-11-28)31-24-3-2-9-27-16-24/h2-5,8-9,14-16,23H,6-7,10-13,17-19H2,1H3. The van der Waals surface area contributed by atoms with Crippen molar-refractivity contribution in [2.75, 3.05) is 26.2 Å². The molecule has 0 unspecified atom stereocenters. The number of hydrogen-bond acceptors (Lipinski definition) is 6. The molecule has 32 heavy (non-hydrogen) atoms. The first-order valence-corrected chi connectivity index (χ1v) is 12.4. The van der Waals surface area contributed by atoms with Crippen molar-refractivity contribution in [3.63, 3.8) is 0 Å². The summed E-state index contributed by atoms with van der Waals surface area (Å²) >= 11 is 1.86. The largest absolute Gasteiger partial charge is 0.492 e. The molecule has 0 radical (unpaired) electrons. The molecule has 2 aliphatic heterocycles. The van der Waals surface area contributed by atoms with E-state index in [-0.39, 0.29) is 6.10 Å². The number of thiophene rings is 1. The first-order valence-electron chi connectivity index (χ1n) is 11.5. The van der Waals surface area contributed by atoms with E-state index in [1.165, 1.54) is 21.6 Å². The molecule has 2 aromatic heterocycles. The maximum atomic E-state index is 6.09. The molecule has 0 amide bonds. The van der Waals surface area contributed by atoms with Crippen molar-refractivity contribution in [3.05, 3.63) is 75.7 Å². The lowest BCUT2D eigenvalue weighted by atomic mass is 10.0. The van der Waals surface area contributed by atoms with Crippen LogP contribution in [-0.4, -0.2) is 47.1 Å². The Hall–Kier alpha value is -2.41. The number of aryl methyl sites for hydroxylation is 1. The number of benzene rings is 1. The highest BCUT2D eigenvalue weighted by Gasteiger charge is 2.22. The van der Waals surface area contributed by atoms with E-state index in [0.717, 1.165) is 70.2 Å². The summed E-state index contributed by atoms with van der Waals surface area (Å²) in [5.74, 6) is 1.92. The topological polar surface area (TPSA) is 37.8 Å². The van der Waals surface area contributed by atoms with Gasteiger partial charge in [-0.15, -0.1) is 11.3 Å². The van der Waals surface area contributed by atoms with Gasteiger partial charge in [-0.05, 0) is 66.6 Å². The highest BCUT2D eigenvalue weighted by molar-refractivity contribution is 7.10. The first-order chi connectivity index (χ1) is 15.7. The monoisotopic (exact) mass is 449 g/mol. The summed E-state index contributed by atoms with van der Waals surface area (Å²) in [6.45, 7) is 8.97. The summed E-state index contributed by atoms with van der Waals surface area (Å²) in [6, 6.07) is 12.9. The normalized spacial score (nSPS) is 18.0. The summed E-state index contributed by atoms with van der Waals surface area (Å²) in [6.07, 6.45) is 5.97. The lowest BCUT2D eigenvalue weighted by Crippen LogP contribution is -2.37. The zero-order chi connectivity index (χ0) is 21.8. The maximum absolute atomic E-state index is 6.09. The van der Waals surface area contributed by atoms with E-state index in [1.54, 1.807) is 12.4 Å². The number of rotatable bonds is 6. The number of fused-ring (bicyclic) bond motifs is 1. The van der Waals surface area contributed by atoms with Crippen molar-refractivity contribution in [1.82, 2.24) is 14.8 Å². The van der Waals surface area contributed by atoms with Crippen molar-refractivity contribution in [3.8, 4) is 11.5 Å². The van der Waals surface area contributed by atoms with Crippen molar-refractivity contribution >= 4 is 11.3 Å². The van der Waals surface area contributed by atoms with Crippen molar-refractivity contribution in [2.45, 2.75) is 45.5 Å². The number of likely N-dealkylation sites (tertiary alicyclic amines) is 1. The molecule has 168 valence electrons. The second-order valence-electron chi connectivity index (χ2n) is 8.81. The molecule has 5 nitrogen and oxygen atoms in total. The van der Waals surface area contributed by atoms with E-state index in [9.17, 15) is 0 Å². The van der Waals surface area contributed by atoms with Gasteiger partial charge in [0.05, 0.1) is 6.20 Å². The van der Waals surface area contributed by atoms with Crippen LogP contribution in [0, 0.1) is 6.92 Å². The van der Waals surface area contributed by atoms with Crippen LogP contribution in [0.4, 0.5) is 0 Å². The Labute approximate surface area is 194 Å². The van der Waals surface area contributed by atoms with E-state index in [2.05, 4.69) is 51.4 Å². The molecule has 5 rings (SSSR count). The van der Waals surface area contributed by atoms with Crippen LogP contribution >= 0.6 is 11.3 Å². The van der Waals surface area contributed by atoms with E-state index >= 15 is 0 Å². The van der Waals surface area contributed by atoms with Gasteiger partial charge < -0.3 is 9.47 Å². The summed E-state index contributed by atoms with van der Waals surface area (Å²) in [7, 11) is 0. The minimum absolute atomic E-state index is 0.283. The van der Waals surface area contributed by atoms with E-state index in [1.807, 2.05) is 23.5 Å². The molecule has 6 heteroatoms. The third-order valence-corrected chi connectivity index (χ3v) is 7.41. The molecule has 1 aromatic carbocycles. The fraction of sp³-hybridized carbons (Fsp3) is 0.423. The molecule has 2 aliphatic rings. The number of aromatic nitrogens is 1. The third kappa shape index (κ3) is 5.31. The van der Waals surface area contributed by atoms with Crippen molar-refractivity contribution in [2.24, 2.45) is 0 Å². The number of pyridine rings is 1. The van der Waals surface area contributed by atoms with Gasteiger partial charge in [0.1, 0.15) is 24.2 Å². The van der Waals surface area contributed by atoms with Crippen molar-refractivity contribution in [1.29, 1.82) is 0 Å². The highest BCUT2D eigenvalue weighted by Crippen LogP contribution is 2.28. The lowest BCUT2D eigenvalue weighted by molar-refractivity contribution is 0.0965. The minimum Gasteiger partial charge on any atom is -0.492 e. The summed E-state index contributed by atoms with van der Waals surface area (Å²) in [5.41, 5.74) is 4.07. The van der Waals surface area contributed by atoms with Gasteiger partial charge in [-0.3, -0.25) is 14.8 Å². The summed E-state index contributed by atoms with van der Waals surface area (Å²) in [5, 5.41) is 2.19. The fourth-order valence-electron chi connectivity index (χ4n) is 4.56. The Kier molecular flexibility index (Phi) is 6.72. The number of hydrogen-bond donors (Lipinski definition) is 0. The van der Waals surface area contributed by atoms with Crippen LogP contribution in [0.1, 0.15) is 34.4 Å². The molecular weight excluding hydrogens is 418 g/mol.